The van der Waals surface area contributed by atoms with Gasteiger partial charge in [0.1, 0.15) is 5.38 Å². The molecule has 2 heterocycles. The van der Waals surface area contributed by atoms with Crippen molar-refractivity contribution in [3.05, 3.63) is 0 Å². The highest BCUT2D eigenvalue weighted by Crippen LogP contribution is 2.37. The lowest BCUT2D eigenvalue weighted by Gasteiger charge is -2.26. The lowest BCUT2D eigenvalue weighted by Crippen LogP contribution is -2.48. The van der Waals surface area contributed by atoms with Gasteiger partial charge in [0.05, 0.1) is 0 Å². The average molecular weight is 249 g/mol. The van der Waals surface area contributed by atoms with Gasteiger partial charge in [0.2, 0.25) is 5.91 Å². The molecule has 0 aromatic rings. The molecule has 2 fully saturated rings. The monoisotopic (exact) mass is 248 g/mol. The average Bonchev–Trinajstić information content (AvgIpc) is 2.78. The lowest BCUT2D eigenvalue weighted by molar-refractivity contribution is -0.119. The van der Waals surface area contributed by atoms with Crippen molar-refractivity contribution in [3.8, 4) is 0 Å². The number of alkyl halides is 1. The van der Waals surface area contributed by atoms with Crippen LogP contribution in [0.15, 0.2) is 0 Å². The zero-order valence-corrected chi connectivity index (χ0v) is 9.98. The zero-order chi connectivity index (χ0) is 11.0. The smallest absolute Gasteiger partial charge is 0.319 e. The minimum atomic E-state index is -0.664. The molecule has 1 N–H and O–H groups in total. The number of thioether (sulfide) groups is 1. The number of rotatable bonds is 1. The van der Waals surface area contributed by atoms with E-state index >= 15 is 0 Å². The molecule has 0 aliphatic carbocycles. The van der Waals surface area contributed by atoms with Crippen LogP contribution in [0.3, 0.4) is 0 Å². The van der Waals surface area contributed by atoms with E-state index in [2.05, 4.69) is 5.32 Å². The van der Waals surface area contributed by atoms with Crippen molar-refractivity contribution in [1.29, 1.82) is 0 Å². The number of carbonyl (C=O) groups excluding carboxylic acids is 2. The molecule has 0 saturated carbocycles. The van der Waals surface area contributed by atoms with Crippen LogP contribution in [0.4, 0.5) is 4.79 Å². The Morgan fingerprint density at radius 2 is 2.33 bits per heavy atom. The van der Waals surface area contributed by atoms with Crippen LogP contribution in [0, 0.1) is 0 Å². The minimum Gasteiger partial charge on any atom is -0.319 e. The molecule has 0 spiro atoms. The summed E-state index contributed by atoms with van der Waals surface area (Å²) in [6.45, 7) is 2.31. The largest absolute Gasteiger partial charge is 0.324 e. The Bertz CT molecular complexity index is 298. The summed E-state index contributed by atoms with van der Waals surface area (Å²) in [6.07, 6.45) is 1.06. The second-order valence-corrected chi connectivity index (χ2v) is 5.90. The number of nitrogens with one attached hydrogen (secondary N) is 1. The highest BCUT2D eigenvalue weighted by atomic mass is 35.5. The number of nitrogens with zero attached hydrogens (tertiary/aromatic N) is 1. The van der Waals surface area contributed by atoms with E-state index in [1.54, 1.807) is 11.8 Å². The molecule has 4 nitrogen and oxygen atoms in total. The summed E-state index contributed by atoms with van der Waals surface area (Å²) in [5, 5.41) is 2.21. The summed E-state index contributed by atoms with van der Waals surface area (Å²) in [5.74, 6) is 0.569. The third kappa shape index (κ3) is 2.23. The number of likely N-dealkylation sites (tertiary alicyclic amines) is 1. The summed E-state index contributed by atoms with van der Waals surface area (Å²) in [6, 6.07) is 0.0127. The fraction of sp³-hybridized carbons (Fsp3) is 0.778. The number of amides is 3. The van der Waals surface area contributed by atoms with Gasteiger partial charge in [0, 0.05) is 23.6 Å². The molecular weight excluding hydrogens is 236 g/mol. The first-order valence-electron chi connectivity index (χ1n) is 4.95. The molecule has 2 saturated heterocycles. The Morgan fingerprint density at radius 3 is 2.80 bits per heavy atom. The van der Waals surface area contributed by atoms with Crippen LogP contribution < -0.4 is 5.32 Å². The maximum atomic E-state index is 11.7. The molecule has 3 atom stereocenters. The zero-order valence-electron chi connectivity index (χ0n) is 8.40. The van der Waals surface area contributed by atoms with Gasteiger partial charge in [-0.05, 0) is 13.3 Å². The second-order valence-electron chi connectivity index (χ2n) is 3.91. The van der Waals surface area contributed by atoms with Crippen LogP contribution in [0.25, 0.3) is 0 Å². The van der Waals surface area contributed by atoms with Gasteiger partial charge in [0.25, 0.3) is 0 Å². The molecule has 2 aliphatic heterocycles. The maximum Gasteiger partial charge on any atom is 0.324 e. The first-order valence-corrected chi connectivity index (χ1v) is 6.43. The van der Waals surface area contributed by atoms with E-state index in [1.807, 2.05) is 11.8 Å². The van der Waals surface area contributed by atoms with Crippen molar-refractivity contribution >= 4 is 35.3 Å². The summed E-state index contributed by atoms with van der Waals surface area (Å²) < 4.78 is 0. The maximum absolute atomic E-state index is 11.7. The van der Waals surface area contributed by atoms with Crippen molar-refractivity contribution in [3.63, 3.8) is 0 Å². The molecule has 3 amide bonds. The molecular formula is C9H13ClN2O2S. The van der Waals surface area contributed by atoms with Crippen LogP contribution in [0.2, 0.25) is 0 Å². The third-order valence-corrected chi connectivity index (χ3v) is 4.34. The predicted octanol–water partition coefficient (Wildman–Crippen LogP) is 1.04. The Balaban J connectivity index is 1.89. The quantitative estimate of drug-likeness (QED) is 0.706. The van der Waals surface area contributed by atoms with Gasteiger partial charge in [0.15, 0.2) is 0 Å². The predicted molar refractivity (Wildman–Crippen MR) is 60.2 cm³/mol. The van der Waals surface area contributed by atoms with E-state index in [0.29, 0.717) is 11.3 Å². The van der Waals surface area contributed by atoms with Crippen LogP contribution in [-0.4, -0.2) is 45.8 Å². The third-order valence-electron chi connectivity index (χ3n) is 2.75. The summed E-state index contributed by atoms with van der Waals surface area (Å²) in [5.41, 5.74) is 0. The highest BCUT2D eigenvalue weighted by molar-refractivity contribution is 8.00. The summed E-state index contributed by atoms with van der Waals surface area (Å²) >= 11 is 7.48. The topological polar surface area (TPSA) is 49.4 Å². The molecule has 0 aromatic carbocycles. The van der Waals surface area contributed by atoms with Gasteiger partial charge in [-0.15, -0.1) is 11.6 Å². The first kappa shape index (κ1) is 11.1. The standard InChI is InChI=1S/C9H13ClN2O2S/c1-5(10)8(13)11-9(14)12-3-7-2-6(12)4-15-7/h5-7H,2-4H2,1H3,(H,11,13,14). The molecule has 2 bridgehead atoms. The number of fused-ring (bicyclic) bond motifs is 2. The SMILES string of the molecule is CC(Cl)C(=O)NC(=O)N1CC2CC1CS2. The molecule has 15 heavy (non-hydrogen) atoms. The molecule has 6 heteroatoms. The molecule has 0 radical (unpaired) electrons. The lowest BCUT2D eigenvalue weighted by atomic mass is 10.2. The number of hydrogen-bond acceptors (Lipinski definition) is 3. The van der Waals surface area contributed by atoms with Gasteiger partial charge in [-0.25, -0.2) is 4.79 Å². The van der Waals surface area contributed by atoms with Crippen molar-refractivity contribution in [2.45, 2.75) is 30.0 Å². The molecule has 2 aliphatic rings. The Labute approximate surface area is 97.7 Å². The molecule has 0 aromatic heterocycles. The molecule has 84 valence electrons. The first-order chi connectivity index (χ1) is 7.08. The highest BCUT2D eigenvalue weighted by Gasteiger charge is 2.41. The van der Waals surface area contributed by atoms with E-state index < -0.39 is 11.3 Å². The fourth-order valence-electron chi connectivity index (χ4n) is 1.92. The van der Waals surface area contributed by atoms with Crippen LogP contribution in [0.1, 0.15) is 13.3 Å². The number of imide groups is 1. The van der Waals surface area contributed by atoms with E-state index in [0.717, 1.165) is 18.7 Å². The minimum absolute atomic E-state index is 0.291. The van der Waals surface area contributed by atoms with E-state index in [4.69, 9.17) is 11.6 Å². The van der Waals surface area contributed by atoms with Gasteiger partial charge in [-0.2, -0.15) is 11.8 Å². The molecule has 3 unspecified atom stereocenters. The normalized spacial score (nSPS) is 30.4. The number of halogens is 1. The number of carbonyl (C=O) groups is 2. The number of urea groups is 1. The summed E-state index contributed by atoms with van der Waals surface area (Å²) in [4.78, 5) is 24.6. The Morgan fingerprint density at radius 1 is 1.60 bits per heavy atom. The fourth-order valence-corrected chi connectivity index (χ4v) is 3.41. The summed E-state index contributed by atoms with van der Waals surface area (Å²) in [7, 11) is 0. The van der Waals surface area contributed by atoms with Crippen LogP contribution >= 0.6 is 23.4 Å². The Kier molecular flexibility index (Phi) is 3.11. The number of hydrogen-bond donors (Lipinski definition) is 1. The van der Waals surface area contributed by atoms with Gasteiger partial charge < -0.3 is 4.90 Å². The van der Waals surface area contributed by atoms with Crippen molar-refractivity contribution < 1.29 is 9.59 Å². The van der Waals surface area contributed by atoms with Crippen molar-refractivity contribution in [2.24, 2.45) is 0 Å². The van der Waals surface area contributed by atoms with Crippen LogP contribution in [-0.2, 0) is 4.79 Å². The van der Waals surface area contributed by atoms with E-state index in [-0.39, 0.29) is 6.03 Å². The second kappa shape index (κ2) is 4.22. The van der Waals surface area contributed by atoms with E-state index in [9.17, 15) is 9.59 Å². The van der Waals surface area contributed by atoms with Gasteiger partial charge in [-0.1, -0.05) is 0 Å². The van der Waals surface area contributed by atoms with Crippen molar-refractivity contribution in [1.82, 2.24) is 10.2 Å². The van der Waals surface area contributed by atoms with Crippen LogP contribution in [0.5, 0.6) is 0 Å². The van der Waals surface area contributed by atoms with E-state index in [1.165, 1.54) is 0 Å². The van der Waals surface area contributed by atoms with Gasteiger partial charge in [-0.3, -0.25) is 10.1 Å². The Hall–Kier alpha value is -0.420. The van der Waals surface area contributed by atoms with Crippen molar-refractivity contribution in [2.75, 3.05) is 12.3 Å². The van der Waals surface area contributed by atoms with Gasteiger partial charge >= 0.3 is 6.03 Å². The molecule has 2 rings (SSSR count).